The molecule has 0 aliphatic heterocycles. The lowest BCUT2D eigenvalue weighted by Crippen LogP contribution is -1.98. The smallest absolute Gasteiger partial charge is 0.119 e. The van der Waals surface area contributed by atoms with Crippen molar-refractivity contribution in [1.82, 2.24) is 4.98 Å². The largest absolute Gasteiger partial charge is 0.494 e. The molecule has 3 aromatic rings. The zero-order valence-corrected chi connectivity index (χ0v) is 14.7. The van der Waals surface area contributed by atoms with Crippen molar-refractivity contribution in [2.45, 2.75) is 19.3 Å². The molecule has 0 aliphatic rings. The standard InChI is InChI=1S/C21H21ClN2O/c22-21-14-18(23)8-11-20(21)17-6-9-19(10-7-17)25-13-2-1-4-16-5-3-12-24-15-16/h3,5-12,14-15H,1-2,4,13,23H2. The molecule has 0 fully saturated rings. The molecule has 0 saturated carbocycles. The maximum absolute atomic E-state index is 6.26. The highest BCUT2D eigenvalue weighted by Gasteiger charge is 2.04. The van der Waals surface area contributed by atoms with E-state index in [9.17, 15) is 0 Å². The maximum atomic E-state index is 6.26. The van der Waals surface area contributed by atoms with Crippen LogP contribution in [-0.4, -0.2) is 11.6 Å². The Morgan fingerprint density at radius 2 is 1.84 bits per heavy atom. The van der Waals surface area contributed by atoms with Crippen LogP contribution < -0.4 is 10.5 Å². The predicted octanol–water partition coefficient (Wildman–Crippen LogP) is 5.39. The minimum Gasteiger partial charge on any atom is -0.494 e. The summed E-state index contributed by atoms with van der Waals surface area (Å²) in [6.45, 7) is 0.711. The predicted molar refractivity (Wildman–Crippen MR) is 104 cm³/mol. The van der Waals surface area contributed by atoms with Crippen LogP contribution >= 0.6 is 11.6 Å². The molecule has 4 heteroatoms. The summed E-state index contributed by atoms with van der Waals surface area (Å²) in [4.78, 5) is 4.13. The SMILES string of the molecule is Nc1ccc(-c2ccc(OCCCCc3cccnc3)cc2)c(Cl)c1. The Balaban J connectivity index is 1.48. The molecular weight excluding hydrogens is 332 g/mol. The molecule has 1 heterocycles. The third-order valence-corrected chi connectivity index (χ3v) is 4.32. The van der Waals surface area contributed by atoms with Gasteiger partial charge in [-0.05, 0) is 60.7 Å². The third kappa shape index (κ3) is 4.97. The third-order valence-electron chi connectivity index (χ3n) is 4.01. The van der Waals surface area contributed by atoms with E-state index in [1.165, 1.54) is 5.56 Å². The van der Waals surface area contributed by atoms with Crippen molar-refractivity contribution >= 4 is 17.3 Å². The summed E-state index contributed by atoms with van der Waals surface area (Å²) in [6.07, 6.45) is 6.85. The van der Waals surface area contributed by atoms with Crippen LogP contribution in [0.3, 0.4) is 0 Å². The Labute approximate surface area is 153 Å². The lowest BCUT2D eigenvalue weighted by Gasteiger charge is -2.09. The molecule has 0 bridgehead atoms. The summed E-state index contributed by atoms with van der Waals surface area (Å²) in [7, 11) is 0. The number of hydrogen-bond acceptors (Lipinski definition) is 3. The average molecular weight is 353 g/mol. The molecule has 25 heavy (non-hydrogen) atoms. The summed E-state index contributed by atoms with van der Waals surface area (Å²) < 4.78 is 5.82. The molecule has 0 unspecified atom stereocenters. The first-order valence-electron chi connectivity index (χ1n) is 8.39. The number of halogens is 1. The zero-order chi connectivity index (χ0) is 17.5. The molecule has 0 atom stereocenters. The van der Waals surface area contributed by atoms with Crippen molar-refractivity contribution in [3.8, 4) is 16.9 Å². The molecule has 0 aliphatic carbocycles. The van der Waals surface area contributed by atoms with Crippen LogP contribution in [0, 0.1) is 0 Å². The van der Waals surface area contributed by atoms with E-state index in [-0.39, 0.29) is 0 Å². The van der Waals surface area contributed by atoms with Crippen LogP contribution in [0.1, 0.15) is 18.4 Å². The zero-order valence-electron chi connectivity index (χ0n) is 14.0. The lowest BCUT2D eigenvalue weighted by atomic mass is 10.1. The Hall–Kier alpha value is -2.52. The Morgan fingerprint density at radius 1 is 1.00 bits per heavy atom. The number of ether oxygens (including phenoxy) is 1. The van der Waals surface area contributed by atoms with E-state index in [2.05, 4.69) is 11.1 Å². The number of hydrogen-bond donors (Lipinski definition) is 1. The van der Waals surface area contributed by atoms with Crippen LogP contribution in [-0.2, 0) is 6.42 Å². The van der Waals surface area contributed by atoms with Crippen molar-refractivity contribution in [1.29, 1.82) is 0 Å². The van der Waals surface area contributed by atoms with E-state index in [0.29, 0.717) is 17.3 Å². The van der Waals surface area contributed by atoms with Crippen molar-refractivity contribution in [3.05, 3.63) is 77.6 Å². The van der Waals surface area contributed by atoms with Gasteiger partial charge in [-0.1, -0.05) is 35.9 Å². The number of pyridine rings is 1. The van der Waals surface area contributed by atoms with Gasteiger partial charge in [-0.2, -0.15) is 0 Å². The van der Waals surface area contributed by atoms with E-state index >= 15 is 0 Å². The summed E-state index contributed by atoms with van der Waals surface area (Å²) in [5.41, 5.74) is 9.70. The van der Waals surface area contributed by atoms with Gasteiger partial charge in [0, 0.05) is 23.6 Å². The van der Waals surface area contributed by atoms with Crippen molar-refractivity contribution in [2.75, 3.05) is 12.3 Å². The van der Waals surface area contributed by atoms with E-state index in [1.54, 1.807) is 12.3 Å². The lowest BCUT2D eigenvalue weighted by molar-refractivity contribution is 0.307. The molecule has 1 aromatic heterocycles. The van der Waals surface area contributed by atoms with Gasteiger partial charge < -0.3 is 10.5 Å². The van der Waals surface area contributed by atoms with Crippen LogP contribution in [0.25, 0.3) is 11.1 Å². The quantitative estimate of drug-likeness (QED) is 0.458. The maximum Gasteiger partial charge on any atom is 0.119 e. The van der Waals surface area contributed by atoms with Crippen molar-refractivity contribution < 1.29 is 4.74 Å². The first-order valence-corrected chi connectivity index (χ1v) is 8.77. The molecule has 3 nitrogen and oxygen atoms in total. The van der Waals surface area contributed by atoms with Gasteiger partial charge in [0.25, 0.3) is 0 Å². The minimum absolute atomic E-state index is 0.657. The number of nitrogens with zero attached hydrogens (tertiary/aromatic N) is 1. The van der Waals surface area contributed by atoms with Gasteiger partial charge in [0.2, 0.25) is 0 Å². The number of nitrogens with two attached hydrogens (primary N) is 1. The molecule has 0 amide bonds. The fourth-order valence-corrected chi connectivity index (χ4v) is 2.96. The van der Waals surface area contributed by atoms with Gasteiger partial charge in [0.15, 0.2) is 0 Å². The van der Waals surface area contributed by atoms with Gasteiger partial charge in [-0.25, -0.2) is 0 Å². The fraction of sp³-hybridized carbons (Fsp3) is 0.190. The molecule has 2 N–H and O–H groups in total. The van der Waals surface area contributed by atoms with E-state index in [0.717, 1.165) is 36.1 Å². The number of anilines is 1. The molecular formula is C21H21ClN2O. The first-order chi connectivity index (χ1) is 12.2. The summed E-state index contributed by atoms with van der Waals surface area (Å²) in [5, 5.41) is 0.657. The van der Waals surface area contributed by atoms with Crippen LogP contribution in [0.2, 0.25) is 5.02 Å². The van der Waals surface area contributed by atoms with Crippen LogP contribution in [0.15, 0.2) is 67.0 Å². The normalized spacial score (nSPS) is 10.6. The minimum atomic E-state index is 0.657. The summed E-state index contributed by atoms with van der Waals surface area (Å²) >= 11 is 6.26. The highest BCUT2D eigenvalue weighted by molar-refractivity contribution is 6.33. The van der Waals surface area contributed by atoms with Gasteiger partial charge in [0.1, 0.15) is 5.75 Å². The molecule has 0 spiro atoms. The molecule has 0 saturated heterocycles. The Bertz CT molecular complexity index is 804. The molecule has 0 radical (unpaired) electrons. The fourth-order valence-electron chi connectivity index (χ4n) is 2.66. The number of aryl methyl sites for hydroxylation is 1. The van der Waals surface area contributed by atoms with Crippen molar-refractivity contribution in [3.63, 3.8) is 0 Å². The molecule has 3 rings (SSSR count). The highest BCUT2D eigenvalue weighted by Crippen LogP contribution is 2.30. The summed E-state index contributed by atoms with van der Waals surface area (Å²) in [5.74, 6) is 0.872. The van der Waals surface area contributed by atoms with E-state index in [4.69, 9.17) is 22.1 Å². The number of aromatic nitrogens is 1. The summed E-state index contributed by atoms with van der Waals surface area (Å²) in [6, 6.07) is 17.6. The number of unbranched alkanes of at least 4 members (excludes halogenated alkanes) is 1. The second kappa shape index (κ2) is 8.54. The highest BCUT2D eigenvalue weighted by atomic mass is 35.5. The molecule has 2 aromatic carbocycles. The van der Waals surface area contributed by atoms with Crippen LogP contribution in [0.4, 0.5) is 5.69 Å². The Morgan fingerprint density at radius 3 is 2.56 bits per heavy atom. The van der Waals surface area contributed by atoms with E-state index in [1.807, 2.05) is 48.7 Å². The van der Waals surface area contributed by atoms with E-state index < -0.39 is 0 Å². The van der Waals surface area contributed by atoms with Gasteiger partial charge >= 0.3 is 0 Å². The topological polar surface area (TPSA) is 48.1 Å². The first kappa shape index (κ1) is 17.3. The van der Waals surface area contributed by atoms with Gasteiger partial charge in [-0.3, -0.25) is 4.98 Å². The average Bonchev–Trinajstić information content (AvgIpc) is 2.63. The monoisotopic (exact) mass is 352 g/mol. The number of benzene rings is 2. The number of rotatable bonds is 7. The Kier molecular flexibility index (Phi) is 5.91. The number of nitrogen functional groups attached to an aromatic ring is 1. The van der Waals surface area contributed by atoms with Gasteiger partial charge in [0.05, 0.1) is 11.6 Å². The van der Waals surface area contributed by atoms with Gasteiger partial charge in [-0.15, -0.1) is 0 Å². The second-order valence-corrected chi connectivity index (χ2v) is 6.34. The van der Waals surface area contributed by atoms with Crippen LogP contribution in [0.5, 0.6) is 5.75 Å². The second-order valence-electron chi connectivity index (χ2n) is 5.93. The molecule has 128 valence electrons. The van der Waals surface area contributed by atoms with Crippen molar-refractivity contribution in [2.24, 2.45) is 0 Å².